The number of allylic oxidation sites excluding steroid dienone is 1. The smallest absolute Gasteiger partial charge is 0.407 e. The van der Waals surface area contributed by atoms with Gasteiger partial charge in [-0.25, -0.2) is 9.18 Å². The van der Waals surface area contributed by atoms with Gasteiger partial charge in [0.05, 0.1) is 18.2 Å². The number of cyclic esters (lactones) is 1. The van der Waals surface area contributed by atoms with Crippen LogP contribution in [0.1, 0.15) is 38.3 Å². The average Bonchev–Trinajstić information content (AvgIpc) is 3.22. The van der Waals surface area contributed by atoms with E-state index < -0.39 is 12.2 Å². The molecule has 0 spiro atoms. The van der Waals surface area contributed by atoms with E-state index in [4.69, 9.17) is 15.9 Å². The minimum atomic E-state index is -0.535. The Labute approximate surface area is 216 Å². The zero-order chi connectivity index (χ0) is 25.9. The number of carbonyl (C=O) groups is 2. The topological polar surface area (TPSA) is 77.5 Å². The number of hydrogen-bond donors (Lipinski definition) is 1. The molecule has 2 heterocycles. The van der Waals surface area contributed by atoms with E-state index in [0.717, 1.165) is 42.5 Å². The van der Waals surface area contributed by atoms with Crippen LogP contribution in [0, 0.1) is 47.8 Å². The molecule has 192 valence electrons. The maximum atomic E-state index is 13.6. The van der Waals surface area contributed by atoms with Crippen molar-refractivity contribution in [3.63, 3.8) is 0 Å². The predicted molar refractivity (Wildman–Crippen MR) is 137 cm³/mol. The van der Waals surface area contributed by atoms with Crippen molar-refractivity contribution in [3.05, 3.63) is 60.2 Å². The van der Waals surface area contributed by atoms with Gasteiger partial charge in [-0.2, -0.15) is 0 Å². The van der Waals surface area contributed by atoms with Crippen LogP contribution in [-0.2, 0) is 14.3 Å². The van der Waals surface area contributed by atoms with Gasteiger partial charge < -0.3 is 14.8 Å². The molecule has 1 aromatic heterocycles. The number of alkyl carbamates (subject to hydrolysis) is 1. The first-order valence-electron chi connectivity index (χ1n) is 13.0. The number of carbonyl (C=O) groups excluding carboxylic acids is 2. The molecule has 6 nitrogen and oxygen atoms in total. The molecule has 1 aliphatic heterocycles. The van der Waals surface area contributed by atoms with Gasteiger partial charge in [-0.3, -0.25) is 9.78 Å². The first kappa shape index (κ1) is 25.0. The van der Waals surface area contributed by atoms with Gasteiger partial charge in [-0.05, 0) is 80.2 Å². The van der Waals surface area contributed by atoms with E-state index in [2.05, 4.69) is 22.3 Å². The van der Waals surface area contributed by atoms with Crippen molar-refractivity contribution in [1.29, 1.82) is 0 Å². The number of fused-ring (bicyclic) bond motifs is 2. The third kappa shape index (κ3) is 5.24. The number of amides is 1. The van der Waals surface area contributed by atoms with E-state index in [0.29, 0.717) is 12.5 Å². The first-order valence-corrected chi connectivity index (χ1v) is 13.0. The summed E-state index contributed by atoms with van der Waals surface area (Å²) in [5.74, 6) is 2.53. The molecule has 3 aliphatic rings. The van der Waals surface area contributed by atoms with Crippen LogP contribution >= 0.6 is 0 Å². The van der Waals surface area contributed by atoms with E-state index >= 15 is 0 Å². The van der Waals surface area contributed by atoms with Gasteiger partial charge in [-0.1, -0.05) is 30.2 Å². The van der Waals surface area contributed by atoms with Gasteiger partial charge in [0.1, 0.15) is 5.82 Å². The van der Waals surface area contributed by atoms with Crippen molar-refractivity contribution in [2.24, 2.45) is 29.6 Å². The van der Waals surface area contributed by atoms with Crippen LogP contribution in [0.3, 0.4) is 0 Å². The van der Waals surface area contributed by atoms with Crippen LogP contribution in [0.4, 0.5) is 9.18 Å². The van der Waals surface area contributed by atoms with Crippen LogP contribution in [-0.4, -0.2) is 35.8 Å². The summed E-state index contributed by atoms with van der Waals surface area (Å²) >= 11 is 0. The molecule has 2 aromatic rings. The number of hydrogen-bond acceptors (Lipinski definition) is 5. The summed E-state index contributed by atoms with van der Waals surface area (Å²) < 4.78 is 24.3. The molecule has 0 unspecified atom stereocenters. The third-order valence-corrected chi connectivity index (χ3v) is 8.09. The van der Waals surface area contributed by atoms with Crippen molar-refractivity contribution < 1.29 is 23.5 Å². The molecule has 1 N–H and O–H groups in total. The lowest BCUT2D eigenvalue weighted by Crippen LogP contribution is -2.48. The van der Waals surface area contributed by atoms with Gasteiger partial charge >= 0.3 is 12.1 Å². The van der Waals surface area contributed by atoms with Crippen LogP contribution in [0.2, 0.25) is 0 Å². The van der Waals surface area contributed by atoms with Crippen LogP contribution in [0.5, 0.6) is 0 Å². The fourth-order valence-electron chi connectivity index (χ4n) is 6.50. The van der Waals surface area contributed by atoms with Crippen molar-refractivity contribution in [2.75, 3.05) is 6.61 Å². The Balaban J connectivity index is 1.36. The van der Waals surface area contributed by atoms with Crippen molar-refractivity contribution in [1.82, 2.24) is 10.3 Å². The highest BCUT2D eigenvalue weighted by atomic mass is 19.1. The number of benzene rings is 1. The number of esters is 1. The van der Waals surface area contributed by atoms with Gasteiger partial charge in [0.15, 0.2) is 6.10 Å². The molecular formula is C30H31FN2O4. The average molecular weight is 503 g/mol. The number of nitrogens with zero attached hydrogens (tertiary/aromatic N) is 1. The minimum Gasteiger partial charge on any atom is -0.450 e. The number of terminal acetylenes is 1. The lowest BCUT2D eigenvalue weighted by molar-refractivity contribution is -0.143. The molecule has 7 heteroatoms. The van der Waals surface area contributed by atoms with Gasteiger partial charge in [0, 0.05) is 23.7 Å². The van der Waals surface area contributed by atoms with E-state index in [1.54, 1.807) is 19.2 Å². The second kappa shape index (κ2) is 10.8. The van der Waals surface area contributed by atoms with Crippen LogP contribution < -0.4 is 5.32 Å². The lowest BCUT2D eigenvalue weighted by atomic mass is 9.56. The number of halogens is 1. The summed E-state index contributed by atoms with van der Waals surface area (Å²) in [4.78, 5) is 29.3. The standard InChI is InChI=1S/C30H31FN2O4/c1-3-27-28-25(13-10-22-9-8-19(17-32-22)18-6-5-7-21(31)14-18)24-12-11-23(33-30(35)36-4-2)15-20(24)16-26(28)29(34)37-27/h1,5-10,13-14,17,20,23-28H,4,11-12,15-16H2,2H3,(H,33,35)/b13-10+/t20-,23-,24-,25-,26+,27+,28-/m1/s1. The highest BCUT2D eigenvalue weighted by Crippen LogP contribution is 2.53. The highest BCUT2D eigenvalue weighted by Gasteiger charge is 2.55. The maximum Gasteiger partial charge on any atom is 0.407 e. The molecule has 5 rings (SSSR count). The molecule has 37 heavy (non-hydrogen) atoms. The van der Waals surface area contributed by atoms with Crippen molar-refractivity contribution >= 4 is 18.1 Å². The van der Waals surface area contributed by atoms with E-state index in [-0.39, 0.29) is 41.5 Å². The third-order valence-electron chi connectivity index (χ3n) is 8.09. The Morgan fingerprint density at radius 2 is 2.14 bits per heavy atom. The molecule has 1 saturated heterocycles. The second-order valence-electron chi connectivity index (χ2n) is 10.2. The summed E-state index contributed by atoms with van der Waals surface area (Å²) in [5.41, 5.74) is 2.38. The molecule has 3 fully saturated rings. The van der Waals surface area contributed by atoms with Gasteiger partial charge in [-0.15, -0.1) is 6.42 Å². The van der Waals surface area contributed by atoms with Gasteiger partial charge in [0.25, 0.3) is 0 Å². The summed E-state index contributed by atoms with van der Waals surface area (Å²) in [6.07, 6.45) is 14.0. The number of aromatic nitrogens is 1. The second-order valence-corrected chi connectivity index (χ2v) is 10.2. The Kier molecular flexibility index (Phi) is 7.27. The summed E-state index contributed by atoms with van der Waals surface area (Å²) in [5, 5.41) is 2.98. The summed E-state index contributed by atoms with van der Waals surface area (Å²) in [7, 11) is 0. The monoisotopic (exact) mass is 502 g/mol. The fraction of sp³-hybridized carbons (Fsp3) is 0.433. The van der Waals surface area contributed by atoms with Crippen LogP contribution in [0.25, 0.3) is 17.2 Å². The molecule has 1 aromatic carbocycles. The van der Waals surface area contributed by atoms with E-state index in [9.17, 15) is 14.0 Å². The van der Waals surface area contributed by atoms with E-state index in [1.165, 1.54) is 12.1 Å². The normalized spacial score (nSPS) is 30.6. The predicted octanol–water partition coefficient (Wildman–Crippen LogP) is 5.24. The van der Waals surface area contributed by atoms with Gasteiger partial charge in [0.2, 0.25) is 0 Å². The Morgan fingerprint density at radius 1 is 1.27 bits per heavy atom. The number of pyridine rings is 1. The maximum absolute atomic E-state index is 13.6. The highest BCUT2D eigenvalue weighted by molar-refractivity contribution is 5.76. The quantitative estimate of drug-likeness (QED) is 0.447. The van der Waals surface area contributed by atoms with Crippen LogP contribution in [0.15, 0.2) is 48.7 Å². The summed E-state index contributed by atoms with van der Waals surface area (Å²) in [6, 6.07) is 10.3. The summed E-state index contributed by atoms with van der Waals surface area (Å²) in [6.45, 7) is 2.12. The van der Waals surface area contributed by atoms with E-state index in [1.807, 2.05) is 24.3 Å². The molecule has 1 amide bonds. The minimum absolute atomic E-state index is 0.0272. The molecule has 0 radical (unpaired) electrons. The largest absolute Gasteiger partial charge is 0.450 e. The Morgan fingerprint density at radius 3 is 2.86 bits per heavy atom. The molecule has 2 aliphatic carbocycles. The molecule has 2 saturated carbocycles. The lowest BCUT2D eigenvalue weighted by Gasteiger charge is -2.47. The Hall–Kier alpha value is -3.66. The molecule has 0 bridgehead atoms. The number of nitrogens with one attached hydrogen (secondary N) is 1. The number of ether oxygens (including phenoxy) is 2. The zero-order valence-corrected chi connectivity index (χ0v) is 20.8. The zero-order valence-electron chi connectivity index (χ0n) is 20.8. The SMILES string of the molecule is C#C[C@@H]1OC(=O)[C@H]2C[C@H]3C[C@H](NC(=O)OCC)CC[C@H]3[C@@H](/C=C/c3ccc(-c4cccc(F)c4)cn3)[C@@H]12. The number of rotatable bonds is 5. The molecular weight excluding hydrogens is 471 g/mol. The first-order chi connectivity index (χ1) is 18.0. The fourth-order valence-corrected chi connectivity index (χ4v) is 6.50. The van der Waals surface area contributed by atoms with Crippen molar-refractivity contribution in [2.45, 2.75) is 44.8 Å². The molecule has 7 atom stereocenters. The van der Waals surface area contributed by atoms with Crippen molar-refractivity contribution in [3.8, 4) is 23.5 Å². The Bertz CT molecular complexity index is 1220.